The minimum Gasteiger partial charge on any atom is -0.337 e. The average molecular weight is 367 g/mol. The van der Waals surface area contributed by atoms with E-state index in [1.807, 2.05) is 0 Å². The highest BCUT2D eigenvalue weighted by Gasteiger charge is 2.15. The molecule has 0 atom stereocenters. The Bertz CT molecular complexity index is 716. The van der Waals surface area contributed by atoms with Crippen LogP contribution in [-0.4, -0.2) is 22.8 Å². The molecule has 0 heterocycles. The zero-order valence-electron chi connectivity index (χ0n) is 11.6. The number of benzene rings is 2. The quantitative estimate of drug-likeness (QED) is 0.611. The third-order valence-electron chi connectivity index (χ3n) is 3.00. The Morgan fingerprint density at radius 3 is 2.68 bits per heavy atom. The van der Waals surface area contributed by atoms with Crippen LogP contribution in [0.5, 0.6) is 0 Å². The number of nitrogens with zero attached hydrogens (tertiary/aromatic N) is 2. The second-order valence-electron chi connectivity index (χ2n) is 4.75. The maximum Gasteiger partial charge on any atom is 0.269 e. The predicted octanol–water partition coefficient (Wildman–Crippen LogP) is 3.77. The molecule has 0 saturated heterocycles. The van der Waals surface area contributed by atoms with Crippen molar-refractivity contribution in [1.82, 2.24) is 4.90 Å². The summed E-state index contributed by atoms with van der Waals surface area (Å²) in [6.07, 6.45) is 0. The molecule has 2 aromatic rings. The third-order valence-corrected chi connectivity index (χ3v) is 3.46. The molecule has 0 aromatic heterocycles. The first-order valence-electron chi connectivity index (χ1n) is 6.31. The van der Waals surface area contributed by atoms with E-state index in [1.54, 1.807) is 19.2 Å². The number of hydrogen-bond donors (Lipinski definition) is 0. The molecule has 22 heavy (non-hydrogen) atoms. The minimum atomic E-state index is -0.513. The molecule has 0 spiro atoms. The number of carbonyl (C=O) groups is 1. The van der Waals surface area contributed by atoms with Crippen LogP contribution in [0.3, 0.4) is 0 Å². The monoisotopic (exact) mass is 366 g/mol. The first kappa shape index (κ1) is 16.1. The summed E-state index contributed by atoms with van der Waals surface area (Å²) in [6, 6.07) is 9.98. The average Bonchev–Trinajstić information content (AvgIpc) is 2.45. The summed E-state index contributed by atoms with van der Waals surface area (Å²) in [7, 11) is 1.56. The first-order chi connectivity index (χ1) is 10.4. The number of carbonyl (C=O) groups excluding carboxylic acids is 1. The Morgan fingerprint density at radius 1 is 1.32 bits per heavy atom. The lowest BCUT2D eigenvalue weighted by Crippen LogP contribution is -2.26. The van der Waals surface area contributed by atoms with Gasteiger partial charge in [0.15, 0.2) is 0 Å². The van der Waals surface area contributed by atoms with Crippen LogP contribution in [-0.2, 0) is 6.54 Å². The van der Waals surface area contributed by atoms with E-state index in [2.05, 4.69) is 15.9 Å². The van der Waals surface area contributed by atoms with E-state index in [0.717, 1.165) is 6.07 Å². The number of nitro groups is 1. The number of nitro benzene ring substituents is 1. The summed E-state index contributed by atoms with van der Waals surface area (Å²) in [5.74, 6) is -0.881. The summed E-state index contributed by atoms with van der Waals surface area (Å²) in [4.78, 5) is 23.9. The number of non-ortho nitro benzene ring substituents is 1. The van der Waals surface area contributed by atoms with Gasteiger partial charge >= 0.3 is 0 Å². The Labute approximate surface area is 134 Å². The molecular weight excluding hydrogens is 355 g/mol. The molecule has 0 aliphatic heterocycles. The van der Waals surface area contributed by atoms with Crippen molar-refractivity contribution >= 4 is 27.5 Å². The second kappa shape index (κ2) is 6.65. The van der Waals surface area contributed by atoms with Gasteiger partial charge in [-0.3, -0.25) is 14.9 Å². The number of amides is 1. The van der Waals surface area contributed by atoms with Gasteiger partial charge in [-0.2, -0.15) is 0 Å². The van der Waals surface area contributed by atoms with Crippen molar-refractivity contribution in [2.24, 2.45) is 0 Å². The van der Waals surface area contributed by atoms with Crippen LogP contribution in [0.15, 0.2) is 46.9 Å². The van der Waals surface area contributed by atoms with Crippen LogP contribution in [0.4, 0.5) is 10.1 Å². The van der Waals surface area contributed by atoms with E-state index >= 15 is 0 Å². The number of rotatable bonds is 4. The maximum absolute atomic E-state index is 13.3. The van der Waals surface area contributed by atoms with Crippen molar-refractivity contribution in [2.75, 3.05) is 7.05 Å². The molecule has 2 rings (SSSR count). The first-order valence-corrected chi connectivity index (χ1v) is 7.11. The van der Waals surface area contributed by atoms with Crippen LogP contribution in [0.25, 0.3) is 0 Å². The Kier molecular flexibility index (Phi) is 4.87. The van der Waals surface area contributed by atoms with Crippen molar-refractivity contribution in [3.63, 3.8) is 0 Å². The van der Waals surface area contributed by atoms with E-state index in [-0.39, 0.29) is 23.7 Å². The molecule has 0 fully saturated rings. The topological polar surface area (TPSA) is 63.4 Å². The SMILES string of the molecule is CN(Cc1cccc([N+](=O)[O-])c1)C(=O)c1cc(F)cc(Br)c1. The molecule has 0 unspecified atom stereocenters. The van der Waals surface area contributed by atoms with E-state index in [9.17, 15) is 19.3 Å². The van der Waals surface area contributed by atoms with Gasteiger partial charge < -0.3 is 4.90 Å². The van der Waals surface area contributed by atoms with E-state index < -0.39 is 10.7 Å². The van der Waals surface area contributed by atoms with Gasteiger partial charge in [-0.05, 0) is 23.8 Å². The van der Waals surface area contributed by atoms with E-state index in [1.165, 1.54) is 29.2 Å². The smallest absolute Gasteiger partial charge is 0.269 e. The van der Waals surface area contributed by atoms with Gasteiger partial charge in [0.05, 0.1) is 4.92 Å². The van der Waals surface area contributed by atoms with Crippen molar-refractivity contribution in [2.45, 2.75) is 6.54 Å². The largest absolute Gasteiger partial charge is 0.337 e. The highest BCUT2D eigenvalue weighted by molar-refractivity contribution is 9.10. The van der Waals surface area contributed by atoms with Crippen molar-refractivity contribution in [1.29, 1.82) is 0 Å². The van der Waals surface area contributed by atoms with Crippen LogP contribution >= 0.6 is 15.9 Å². The molecular formula is C15H12BrFN2O3. The fourth-order valence-electron chi connectivity index (χ4n) is 2.01. The summed E-state index contributed by atoms with van der Waals surface area (Å²) < 4.78 is 13.8. The van der Waals surface area contributed by atoms with Crippen molar-refractivity contribution in [3.05, 3.63) is 74.0 Å². The van der Waals surface area contributed by atoms with E-state index in [0.29, 0.717) is 10.0 Å². The predicted molar refractivity (Wildman–Crippen MR) is 83.0 cm³/mol. The summed E-state index contributed by atoms with van der Waals surface area (Å²) in [5.41, 5.74) is 0.798. The van der Waals surface area contributed by atoms with E-state index in [4.69, 9.17) is 0 Å². The number of halogens is 2. The lowest BCUT2D eigenvalue weighted by Gasteiger charge is -2.17. The molecule has 0 bridgehead atoms. The molecule has 0 N–H and O–H groups in total. The van der Waals surface area contributed by atoms with Gasteiger partial charge in [0, 0.05) is 35.8 Å². The summed E-state index contributed by atoms with van der Waals surface area (Å²) in [5, 5.41) is 10.7. The molecule has 0 aliphatic carbocycles. The standard InChI is InChI=1S/C15H12BrFN2O3/c1-18(9-10-3-2-4-14(5-10)19(21)22)15(20)11-6-12(16)8-13(17)7-11/h2-8H,9H2,1H3. The Morgan fingerprint density at radius 2 is 2.05 bits per heavy atom. The molecule has 0 saturated carbocycles. The normalized spacial score (nSPS) is 10.3. The van der Waals surface area contributed by atoms with Crippen LogP contribution in [0.1, 0.15) is 15.9 Å². The zero-order chi connectivity index (χ0) is 16.3. The van der Waals surface area contributed by atoms with Crippen LogP contribution in [0, 0.1) is 15.9 Å². The fourth-order valence-corrected chi connectivity index (χ4v) is 2.48. The third kappa shape index (κ3) is 3.88. The van der Waals surface area contributed by atoms with Gasteiger partial charge in [-0.25, -0.2) is 4.39 Å². The molecule has 114 valence electrons. The van der Waals surface area contributed by atoms with Crippen molar-refractivity contribution in [3.8, 4) is 0 Å². The second-order valence-corrected chi connectivity index (χ2v) is 5.66. The highest BCUT2D eigenvalue weighted by atomic mass is 79.9. The van der Waals surface area contributed by atoms with Crippen LogP contribution < -0.4 is 0 Å². The van der Waals surface area contributed by atoms with Gasteiger partial charge in [0.25, 0.3) is 11.6 Å². The van der Waals surface area contributed by atoms with Gasteiger partial charge in [0.1, 0.15) is 5.82 Å². The molecule has 1 amide bonds. The highest BCUT2D eigenvalue weighted by Crippen LogP contribution is 2.18. The van der Waals surface area contributed by atoms with Gasteiger partial charge in [-0.15, -0.1) is 0 Å². The van der Waals surface area contributed by atoms with Crippen molar-refractivity contribution < 1.29 is 14.1 Å². The molecule has 7 heteroatoms. The zero-order valence-corrected chi connectivity index (χ0v) is 13.2. The Hall–Kier alpha value is -2.28. The summed E-state index contributed by atoms with van der Waals surface area (Å²) in [6.45, 7) is 0.189. The molecule has 5 nitrogen and oxygen atoms in total. The summed E-state index contributed by atoms with van der Waals surface area (Å²) >= 11 is 3.14. The lowest BCUT2D eigenvalue weighted by molar-refractivity contribution is -0.384. The fraction of sp³-hybridized carbons (Fsp3) is 0.133. The molecule has 0 radical (unpaired) electrons. The number of hydrogen-bond acceptors (Lipinski definition) is 3. The Balaban J connectivity index is 2.17. The lowest BCUT2D eigenvalue weighted by atomic mass is 10.1. The molecule has 2 aromatic carbocycles. The van der Waals surface area contributed by atoms with Gasteiger partial charge in [0.2, 0.25) is 0 Å². The maximum atomic E-state index is 13.3. The van der Waals surface area contributed by atoms with Gasteiger partial charge in [-0.1, -0.05) is 28.1 Å². The minimum absolute atomic E-state index is 0.0353. The van der Waals surface area contributed by atoms with Crippen LogP contribution in [0.2, 0.25) is 0 Å². The molecule has 0 aliphatic rings.